The van der Waals surface area contributed by atoms with Gasteiger partial charge in [0.25, 0.3) is 0 Å². The van der Waals surface area contributed by atoms with Crippen molar-refractivity contribution in [1.82, 2.24) is 20.5 Å². The third-order valence-electron chi connectivity index (χ3n) is 6.51. The number of hydrazone groups is 1. The second kappa shape index (κ2) is 9.91. The molecule has 0 bridgehead atoms. The van der Waals surface area contributed by atoms with Gasteiger partial charge in [0.05, 0.1) is 5.92 Å². The number of thioether (sulfide) groups is 1. The van der Waals surface area contributed by atoms with Crippen molar-refractivity contribution < 1.29 is 14.0 Å². The average molecular weight is 476 g/mol. The van der Waals surface area contributed by atoms with E-state index in [1.54, 1.807) is 12.1 Å². The Labute approximate surface area is 199 Å². The first-order chi connectivity index (χ1) is 15.8. The molecule has 1 saturated heterocycles. The maximum absolute atomic E-state index is 14.2. The molecule has 2 N–H and O–H groups in total. The van der Waals surface area contributed by atoms with Crippen molar-refractivity contribution >= 4 is 28.7 Å². The van der Waals surface area contributed by atoms with Crippen LogP contribution in [0, 0.1) is 23.6 Å². The number of nitrogens with zero attached hydrogens (tertiary/aromatic N) is 3. The van der Waals surface area contributed by atoms with E-state index in [-0.39, 0.29) is 47.8 Å². The van der Waals surface area contributed by atoms with Crippen LogP contribution in [-0.4, -0.2) is 51.7 Å². The van der Waals surface area contributed by atoms with Crippen LogP contribution in [0.1, 0.15) is 52.5 Å². The first kappa shape index (κ1) is 23.9. The molecule has 4 atom stereocenters. The van der Waals surface area contributed by atoms with Crippen molar-refractivity contribution in [3.05, 3.63) is 35.6 Å². The summed E-state index contributed by atoms with van der Waals surface area (Å²) in [5, 5.41) is 8.35. The minimum Gasteiger partial charge on any atom is -0.354 e. The fourth-order valence-electron chi connectivity index (χ4n) is 5.04. The van der Waals surface area contributed by atoms with Crippen molar-refractivity contribution in [2.45, 2.75) is 71.1 Å². The molecule has 2 amide bonds. The lowest BCUT2D eigenvalue weighted by atomic mass is 9.75. The van der Waals surface area contributed by atoms with Gasteiger partial charge >= 0.3 is 0 Å². The highest BCUT2D eigenvalue weighted by atomic mass is 32.2. The highest BCUT2D eigenvalue weighted by molar-refractivity contribution is 8.13. The smallest absolute Gasteiger partial charge is 0.230 e. The topological polar surface area (TPSA) is 77.0 Å². The SMILES string of the molecule is CC(C)CN1C(=O)C2CCC(C(=O)NC(C)C)CC2N2C(SCc3ccccc3F)=NNC12. The molecule has 2 aliphatic heterocycles. The quantitative estimate of drug-likeness (QED) is 0.660. The molecule has 1 aromatic carbocycles. The first-order valence-electron chi connectivity index (χ1n) is 11.8. The van der Waals surface area contributed by atoms with Gasteiger partial charge in [-0.2, -0.15) is 5.10 Å². The highest BCUT2D eigenvalue weighted by Gasteiger charge is 2.53. The number of halogens is 1. The van der Waals surface area contributed by atoms with E-state index in [1.165, 1.54) is 17.8 Å². The molecule has 1 aromatic rings. The van der Waals surface area contributed by atoms with Crippen LogP contribution < -0.4 is 10.7 Å². The van der Waals surface area contributed by atoms with Crippen LogP contribution >= 0.6 is 11.8 Å². The summed E-state index contributed by atoms with van der Waals surface area (Å²) >= 11 is 1.47. The van der Waals surface area contributed by atoms with Gasteiger partial charge in [0.1, 0.15) is 5.82 Å². The highest BCUT2D eigenvalue weighted by Crippen LogP contribution is 2.41. The fourth-order valence-corrected chi connectivity index (χ4v) is 6.06. The fraction of sp³-hybridized carbons (Fsp3) is 0.625. The maximum atomic E-state index is 14.2. The second-order valence-corrected chi connectivity index (χ2v) is 10.9. The second-order valence-electron chi connectivity index (χ2n) is 9.92. The molecule has 4 unspecified atom stereocenters. The van der Waals surface area contributed by atoms with Gasteiger partial charge in [0.15, 0.2) is 11.5 Å². The zero-order chi connectivity index (χ0) is 23.7. The summed E-state index contributed by atoms with van der Waals surface area (Å²) in [6, 6.07) is 6.73. The van der Waals surface area contributed by atoms with Crippen molar-refractivity contribution in [3.63, 3.8) is 0 Å². The maximum Gasteiger partial charge on any atom is 0.230 e. The lowest BCUT2D eigenvalue weighted by Crippen LogP contribution is -2.68. The number of carbonyl (C=O) groups is 2. The average Bonchev–Trinajstić information content (AvgIpc) is 3.19. The number of fused-ring (bicyclic) bond motifs is 3. The molecule has 2 fully saturated rings. The van der Waals surface area contributed by atoms with Crippen molar-refractivity contribution in [1.29, 1.82) is 0 Å². The Hall–Kier alpha value is -2.29. The van der Waals surface area contributed by atoms with Crippen LogP contribution in [-0.2, 0) is 15.3 Å². The summed E-state index contributed by atoms with van der Waals surface area (Å²) < 4.78 is 14.2. The Morgan fingerprint density at radius 1 is 1.27 bits per heavy atom. The first-order valence-corrected chi connectivity index (χ1v) is 12.8. The minimum atomic E-state index is -0.365. The number of hydrogen-bond acceptors (Lipinski definition) is 6. The summed E-state index contributed by atoms with van der Waals surface area (Å²) in [5.41, 5.74) is 3.78. The monoisotopic (exact) mass is 475 g/mol. The molecule has 0 aromatic heterocycles. The van der Waals surface area contributed by atoms with Crippen molar-refractivity contribution in [2.75, 3.05) is 6.54 Å². The molecule has 180 valence electrons. The summed E-state index contributed by atoms with van der Waals surface area (Å²) in [6.45, 7) is 8.75. The number of amidine groups is 1. The van der Waals surface area contributed by atoms with Gasteiger partial charge in [-0.1, -0.05) is 43.8 Å². The van der Waals surface area contributed by atoms with E-state index in [9.17, 15) is 14.0 Å². The zero-order valence-electron chi connectivity index (χ0n) is 19.8. The summed E-state index contributed by atoms with van der Waals surface area (Å²) in [4.78, 5) is 30.3. The van der Waals surface area contributed by atoms with Gasteiger partial charge in [-0.05, 0) is 50.7 Å². The summed E-state index contributed by atoms with van der Waals surface area (Å²) in [6.07, 6.45) is 1.64. The van der Waals surface area contributed by atoms with E-state index in [0.717, 1.165) is 5.17 Å². The van der Waals surface area contributed by atoms with Crippen LogP contribution in [0.3, 0.4) is 0 Å². The molecule has 1 saturated carbocycles. The van der Waals surface area contributed by atoms with Gasteiger partial charge in [0.2, 0.25) is 11.8 Å². The Morgan fingerprint density at radius 2 is 2.03 bits per heavy atom. The van der Waals surface area contributed by atoms with Crippen molar-refractivity contribution in [3.8, 4) is 0 Å². The minimum absolute atomic E-state index is 0.0571. The Kier molecular flexibility index (Phi) is 7.16. The van der Waals surface area contributed by atoms with E-state index < -0.39 is 0 Å². The lowest BCUT2D eigenvalue weighted by molar-refractivity contribution is -0.158. The van der Waals surface area contributed by atoms with Crippen LogP contribution in [0.15, 0.2) is 29.4 Å². The Morgan fingerprint density at radius 3 is 2.73 bits per heavy atom. The van der Waals surface area contributed by atoms with E-state index in [4.69, 9.17) is 0 Å². The lowest BCUT2D eigenvalue weighted by Gasteiger charge is -2.51. The molecule has 9 heteroatoms. The van der Waals surface area contributed by atoms with Crippen LogP contribution in [0.5, 0.6) is 0 Å². The zero-order valence-corrected chi connectivity index (χ0v) is 20.6. The molecule has 7 nitrogen and oxygen atoms in total. The number of nitrogens with one attached hydrogen (secondary N) is 2. The van der Waals surface area contributed by atoms with E-state index in [2.05, 4.69) is 34.6 Å². The number of carbonyl (C=O) groups excluding carboxylic acids is 2. The van der Waals surface area contributed by atoms with Gasteiger partial charge in [-0.15, -0.1) is 0 Å². The normalized spacial score (nSPS) is 26.8. The van der Waals surface area contributed by atoms with Crippen LogP contribution in [0.4, 0.5) is 4.39 Å². The van der Waals surface area contributed by atoms with E-state index >= 15 is 0 Å². The van der Waals surface area contributed by atoms with Gasteiger partial charge in [-0.3, -0.25) is 15.0 Å². The van der Waals surface area contributed by atoms with Crippen molar-refractivity contribution in [2.24, 2.45) is 22.9 Å². The van der Waals surface area contributed by atoms with Crippen LogP contribution in [0.2, 0.25) is 0 Å². The number of rotatable bonds is 6. The van der Waals surface area contributed by atoms with Gasteiger partial charge in [0, 0.05) is 30.3 Å². The molecular formula is C24H34FN5O2S. The molecular weight excluding hydrogens is 441 g/mol. The standard InChI is InChI=1S/C24H34FN5O2S/c1-14(2)12-29-22(32)18-10-9-16(21(31)26-15(3)4)11-20(18)30-23(29)27-28-24(30)33-13-17-7-5-6-8-19(17)25/h5-8,14-16,18,20,23,27H,9-13H2,1-4H3,(H,26,31). The molecule has 0 radical (unpaired) electrons. The molecule has 2 heterocycles. The predicted molar refractivity (Wildman–Crippen MR) is 128 cm³/mol. The molecule has 1 aliphatic carbocycles. The Bertz CT molecular complexity index is 924. The molecule has 4 rings (SSSR count). The number of hydrogen-bond donors (Lipinski definition) is 2. The largest absolute Gasteiger partial charge is 0.354 e. The third kappa shape index (κ3) is 4.98. The number of amides is 2. The number of benzene rings is 1. The predicted octanol–water partition coefficient (Wildman–Crippen LogP) is 3.33. The van der Waals surface area contributed by atoms with Gasteiger partial charge in [-0.25, -0.2) is 4.39 Å². The summed E-state index contributed by atoms with van der Waals surface area (Å²) in [7, 11) is 0. The van der Waals surface area contributed by atoms with E-state index in [0.29, 0.717) is 43.0 Å². The van der Waals surface area contributed by atoms with Gasteiger partial charge < -0.3 is 15.1 Å². The van der Waals surface area contributed by atoms with E-state index in [1.807, 2.05) is 24.8 Å². The Balaban J connectivity index is 1.57. The molecule has 33 heavy (non-hydrogen) atoms. The van der Waals surface area contributed by atoms with Crippen LogP contribution in [0.25, 0.3) is 0 Å². The molecule has 0 spiro atoms. The molecule has 3 aliphatic rings. The summed E-state index contributed by atoms with van der Waals surface area (Å²) in [5.74, 6) is 0.437. The third-order valence-corrected chi connectivity index (χ3v) is 7.52.